The number of ether oxygens (including phenoxy) is 4. The lowest BCUT2D eigenvalue weighted by molar-refractivity contribution is -0.161. The number of phosphoric acid groups is 2. The summed E-state index contributed by atoms with van der Waals surface area (Å²) in [5, 5.41) is 10.6. The average molecular weight is 1280 g/mol. The van der Waals surface area contributed by atoms with Crippen LogP contribution in [0.25, 0.3) is 0 Å². The van der Waals surface area contributed by atoms with Crippen molar-refractivity contribution in [2.75, 3.05) is 39.6 Å². The van der Waals surface area contributed by atoms with Gasteiger partial charge in [-0.2, -0.15) is 0 Å². The first-order chi connectivity index (χ1) is 42.2. The van der Waals surface area contributed by atoms with Crippen molar-refractivity contribution in [2.45, 2.75) is 348 Å². The highest BCUT2D eigenvalue weighted by molar-refractivity contribution is 7.47. The van der Waals surface area contributed by atoms with Crippen LogP contribution in [0.3, 0.4) is 0 Å². The smallest absolute Gasteiger partial charge is 0.462 e. The number of aliphatic hydroxyl groups is 1. The van der Waals surface area contributed by atoms with E-state index < -0.39 is 97.5 Å². The molecule has 3 N–H and O–H groups in total. The maximum Gasteiger partial charge on any atom is 0.472 e. The van der Waals surface area contributed by atoms with E-state index >= 15 is 0 Å². The monoisotopic (exact) mass is 1280 g/mol. The van der Waals surface area contributed by atoms with E-state index in [4.69, 9.17) is 37.0 Å². The molecule has 5 atom stereocenters. The number of carbonyl (C=O) groups excluding carboxylic acids is 4. The Kier molecular flexibility index (Phi) is 60.6. The molecule has 0 aliphatic rings. The van der Waals surface area contributed by atoms with Gasteiger partial charge in [-0.3, -0.25) is 37.3 Å². The summed E-state index contributed by atoms with van der Waals surface area (Å²) in [6, 6.07) is 0. The molecule has 0 aromatic carbocycles. The Morgan fingerprint density at radius 2 is 0.552 bits per heavy atom. The fraction of sp³-hybridized carbons (Fsp3) is 0.882. The van der Waals surface area contributed by atoms with E-state index in [1.165, 1.54) is 148 Å². The van der Waals surface area contributed by atoms with Gasteiger partial charge >= 0.3 is 39.5 Å². The summed E-state index contributed by atoms with van der Waals surface area (Å²) in [7, 11) is -9.90. The minimum atomic E-state index is -4.96. The van der Waals surface area contributed by atoms with E-state index in [9.17, 15) is 43.2 Å². The van der Waals surface area contributed by atoms with E-state index in [1.54, 1.807) is 0 Å². The number of rotatable bonds is 67. The van der Waals surface area contributed by atoms with Crippen LogP contribution in [0.5, 0.6) is 0 Å². The van der Waals surface area contributed by atoms with Gasteiger partial charge in [0.2, 0.25) is 0 Å². The summed E-state index contributed by atoms with van der Waals surface area (Å²) in [4.78, 5) is 72.3. The Morgan fingerprint density at radius 3 is 0.839 bits per heavy atom. The van der Waals surface area contributed by atoms with E-state index in [0.29, 0.717) is 25.7 Å². The second-order valence-electron chi connectivity index (χ2n) is 23.9. The number of carbonyl (C=O) groups is 4. The molecule has 0 bridgehead atoms. The second-order valence-corrected chi connectivity index (χ2v) is 26.8. The van der Waals surface area contributed by atoms with Crippen molar-refractivity contribution in [2.24, 2.45) is 0 Å². The lowest BCUT2D eigenvalue weighted by atomic mass is 10.0. The van der Waals surface area contributed by atoms with Crippen molar-refractivity contribution in [3.05, 3.63) is 24.3 Å². The molecule has 2 unspecified atom stereocenters. The van der Waals surface area contributed by atoms with Crippen LogP contribution in [-0.2, 0) is 65.4 Å². The van der Waals surface area contributed by atoms with Crippen LogP contribution < -0.4 is 0 Å². The maximum absolute atomic E-state index is 13.0. The molecular formula is C68H128O17P2. The first-order valence-electron chi connectivity index (χ1n) is 35.1. The van der Waals surface area contributed by atoms with Crippen molar-refractivity contribution in [3.63, 3.8) is 0 Å². The maximum atomic E-state index is 13.0. The third-order valence-electron chi connectivity index (χ3n) is 15.2. The molecule has 0 radical (unpaired) electrons. The molecule has 0 spiro atoms. The van der Waals surface area contributed by atoms with Crippen LogP contribution >= 0.6 is 15.6 Å². The molecule has 87 heavy (non-hydrogen) atoms. The molecule has 0 heterocycles. The summed E-state index contributed by atoms with van der Waals surface area (Å²) >= 11 is 0. The summed E-state index contributed by atoms with van der Waals surface area (Å²) in [6.45, 7) is 4.83. The number of esters is 4. The van der Waals surface area contributed by atoms with Gasteiger partial charge in [0.05, 0.1) is 26.4 Å². The van der Waals surface area contributed by atoms with Gasteiger partial charge in [-0.15, -0.1) is 0 Å². The van der Waals surface area contributed by atoms with Crippen molar-refractivity contribution < 1.29 is 80.2 Å². The molecule has 0 amide bonds. The third-order valence-corrected chi connectivity index (χ3v) is 17.1. The minimum absolute atomic E-state index is 0.0858. The Balaban J connectivity index is 5.26. The van der Waals surface area contributed by atoms with E-state index in [1.807, 2.05) is 0 Å². The van der Waals surface area contributed by atoms with Crippen LogP contribution in [-0.4, -0.2) is 96.7 Å². The highest BCUT2D eigenvalue weighted by Crippen LogP contribution is 2.45. The first-order valence-corrected chi connectivity index (χ1v) is 38.1. The SMILES string of the molecule is CCCCCC/C=C\C=C/CCCCCCCC(=O)O[C@H](COC(=O)CCCCCCCCCCCCCCCC)COP(=O)(O)OC[C@@H](O)COP(=O)(O)OC[C@@H](COC(=O)CCCCCCCCCCC)OC(=O)CCCCCCCCCCC. The lowest BCUT2D eigenvalue weighted by Gasteiger charge is -2.21. The fourth-order valence-electron chi connectivity index (χ4n) is 9.80. The van der Waals surface area contributed by atoms with Crippen LogP contribution in [0.4, 0.5) is 0 Å². The number of hydrogen-bond acceptors (Lipinski definition) is 15. The highest BCUT2D eigenvalue weighted by Gasteiger charge is 2.30. The zero-order chi connectivity index (χ0) is 64.0. The first kappa shape index (κ1) is 84.5. The Morgan fingerprint density at radius 1 is 0.322 bits per heavy atom. The van der Waals surface area contributed by atoms with Gasteiger partial charge in [0.1, 0.15) is 19.3 Å². The zero-order valence-corrected chi connectivity index (χ0v) is 57.3. The molecule has 0 aliphatic carbocycles. The van der Waals surface area contributed by atoms with Gasteiger partial charge in [-0.1, -0.05) is 277 Å². The molecule has 0 rings (SSSR count). The predicted molar refractivity (Wildman–Crippen MR) is 349 cm³/mol. The number of phosphoric ester groups is 2. The molecule has 0 aromatic heterocycles. The molecule has 512 valence electrons. The summed E-state index contributed by atoms with van der Waals surface area (Å²) in [5.41, 5.74) is 0. The quantitative estimate of drug-likeness (QED) is 0.0169. The molecule has 0 saturated heterocycles. The average Bonchev–Trinajstić information content (AvgIpc) is 3.54. The predicted octanol–water partition coefficient (Wildman–Crippen LogP) is 19.1. The Hall–Kier alpha value is -2.46. The van der Waals surface area contributed by atoms with E-state index in [2.05, 4.69) is 52.0 Å². The van der Waals surface area contributed by atoms with Crippen molar-refractivity contribution >= 4 is 39.5 Å². The largest absolute Gasteiger partial charge is 0.472 e. The Labute approximate surface area is 529 Å². The number of allylic oxidation sites excluding steroid dienone is 4. The molecule has 17 nitrogen and oxygen atoms in total. The summed E-state index contributed by atoms with van der Waals surface area (Å²) in [5.74, 6) is -2.16. The number of aliphatic hydroxyl groups excluding tert-OH is 1. The van der Waals surface area contributed by atoms with Gasteiger partial charge in [0.25, 0.3) is 0 Å². The van der Waals surface area contributed by atoms with Gasteiger partial charge in [-0.05, 0) is 51.4 Å². The van der Waals surface area contributed by atoms with E-state index in [-0.39, 0.29) is 25.7 Å². The van der Waals surface area contributed by atoms with Crippen LogP contribution in [0.2, 0.25) is 0 Å². The van der Waals surface area contributed by atoms with Crippen molar-refractivity contribution in [1.29, 1.82) is 0 Å². The fourth-order valence-corrected chi connectivity index (χ4v) is 11.4. The number of hydrogen-bond donors (Lipinski definition) is 3. The van der Waals surface area contributed by atoms with Crippen LogP contribution in [0.15, 0.2) is 24.3 Å². The Bertz CT molecular complexity index is 1760. The van der Waals surface area contributed by atoms with Crippen molar-refractivity contribution in [1.82, 2.24) is 0 Å². The third kappa shape index (κ3) is 62.1. The van der Waals surface area contributed by atoms with Gasteiger partial charge < -0.3 is 33.8 Å². The molecule has 0 aromatic rings. The molecule has 0 saturated carbocycles. The molecule has 0 fully saturated rings. The second kappa shape index (κ2) is 62.4. The number of unbranched alkanes of at least 4 members (excludes halogenated alkanes) is 38. The van der Waals surface area contributed by atoms with Gasteiger partial charge in [-0.25, -0.2) is 9.13 Å². The zero-order valence-electron chi connectivity index (χ0n) is 55.5. The van der Waals surface area contributed by atoms with Gasteiger partial charge in [0.15, 0.2) is 12.2 Å². The van der Waals surface area contributed by atoms with Crippen molar-refractivity contribution in [3.8, 4) is 0 Å². The molecule has 19 heteroatoms. The van der Waals surface area contributed by atoms with Crippen LogP contribution in [0, 0.1) is 0 Å². The van der Waals surface area contributed by atoms with Crippen LogP contribution in [0.1, 0.15) is 329 Å². The molecular weight excluding hydrogens is 1150 g/mol. The lowest BCUT2D eigenvalue weighted by Crippen LogP contribution is -2.30. The standard InChI is InChI=1S/C68H128O17P2/c1-5-9-13-17-21-25-27-29-31-33-35-39-43-47-51-55-68(73)85-64(59-79-66(71)53-49-45-41-38-34-32-30-28-26-22-18-14-10-6-2)61-83-87(76,77)81-57-62(69)56-80-86(74,75)82-60-63(84-67(72)54-50-46-42-37-24-20-16-12-8-4)58-78-65(70)52-48-44-40-36-23-19-15-11-7-3/h25,27,29,31,62-64,69H,5-24,26,28,30,32-61H2,1-4H3,(H,74,75)(H,76,77)/b27-25-,31-29-/t62-,63+,64+/m0/s1. The van der Waals surface area contributed by atoms with Gasteiger partial charge in [0, 0.05) is 25.7 Å². The minimum Gasteiger partial charge on any atom is -0.462 e. The normalized spacial score (nSPS) is 14.2. The summed E-state index contributed by atoms with van der Waals surface area (Å²) < 4.78 is 68.1. The molecule has 0 aliphatic heterocycles. The van der Waals surface area contributed by atoms with E-state index in [0.717, 1.165) is 103 Å². The topological polar surface area (TPSA) is 237 Å². The summed E-state index contributed by atoms with van der Waals surface area (Å²) in [6.07, 6.45) is 52.1. The highest BCUT2D eigenvalue weighted by atomic mass is 31.2.